The lowest BCUT2D eigenvalue weighted by Crippen LogP contribution is -2.33. The van der Waals surface area contributed by atoms with E-state index in [4.69, 9.17) is 5.73 Å². The molecule has 0 amide bonds. The number of nitrogen functional groups attached to an aromatic ring is 1. The van der Waals surface area contributed by atoms with Gasteiger partial charge in [0.25, 0.3) is 5.56 Å². The minimum atomic E-state index is -0.458. The van der Waals surface area contributed by atoms with Gasteiger partial charge in [-0.3, -0.25) is 14.3 Å². The van der Waals surface area contributed by atoms with Crippen LogP contribution >= 0.6 is 11.8 Å². The summed E-state index contributed by atoms with van der Waals surface area (Å²) >= 11 is 1.62. The van der Waals surface area contributed by atoms with E-state index >= 15 is 0 Å². The third-order valence-electron chi connectivity index (χ3n) is 1.85. The second-order valence-corrected chi connectivity index (χ2v) is 3.95. The summed E-state index contributed by atoms with van der Waals surface area (Å²) in [6.07, 6.45) is 1.95. The molecule has 5 nitrogen and oxygen atoms in total. The Morgan fingerprint density at radius 1 is 1.64 bits per heavy atom. The molecule has 0 spiro atoms. The fourth-order valence-electron chi connectivity index (χ4n) is 1.29. The molecule has 0 aliphatic heterocycles. The summed E-state index contributed by atoms with van der Waals surface area (Å²) in [7, 11) is 0. The van der Waals surface area contributed by atoms with E-state index in [1.807, 2.05) is 13.2 Å². The van der Waals surface area contributed by atoms with Crippen molar-refractivity contribution in [3.8, 4) is 0 Å². The molecule has 0 fully saturated rings. The zero-order valence-corrected chi connectivity index (χ0v) is 8.93. The number of aromatic amines is 1. The molecule has 78 valence electrons. The van der Waals surface area contributed by atoms with Crippen LogP contribution in [0.15, 0.2) is 15.7 Å². The summed E-state index contributed by atoms with van der Waals surface area (Å²) in [5.41, 5.74) is 4.68. The normalized spacial score (nSPS) is 12.7. The van der Waals surface area contributed by atoms with Crippen LogP contribution < -0.4 is 17.0 Å². The highest BCUT2D eigenvalue weighted by molar-refractivity contribution is 7.98. The van der Waals surface area contributed by atoms with Crippen molar-refractivity contribution in [3.63, 3.8) is 0 Å². The van der Waals surface area contributed by atoms with Gasteiger partial charge in [-0.05, 0) is 13.2 Å². The van der Waals surface area contributed by atoms with Crippen LogP contribution in [0.25, 0.3) is 0 Å². The summed E-state index contributed by atoms with van der Waals surface area (Å²) in [5, 5.41) is 0. The molecule has 1 rings (SSSR count). The number of nitrogens with two attached hydrogens (primary N) is 1. The average Bonchev–Trinajstić information content (AvgIpc) is 2.01. The van der Waals surface area contributed by atoms with E-state index in [0.29, 0.717) is 0 Å². The molecule has 0 aliphatic carbocycles. The number of hydrogen-bond acceptors (Lipinski definition) is 4. The van der Waals surface area contributed by atoms with Crippen molar-refractivity contribution in [1.82, 2.24) is 9.55 Å². The smallest absolute Gasteiger partial charge is 0.330 e. The van der Waals surface area contributed by atoms with Gasteiger partial charge in [0.15, 0.2) is 0 Å². The topological polar surface area (TPSA) is 80.9 Å². The van der Waals surface area contributed by atoms with Crippen LogP contribution in [0.3, 0.4) is 0 Å². The van der Waals surface area contributed by atoms with Gasteiger partial charge in [0.1, 0.15) is 5.82 Å². The molecule has 0 bridgehead atoms. The molecule has 3 N–H and O–H groups in total. The van der Waals surface area contributed by atoms with Crippen molar-refractivity contribution in [1.29, 1.82) is 0 Å². The fourth-order valence-corrected chi connectivity index (χ4v) is 1.92. The number of nitrogens with zero attached hydrogens (tertiary/aromatic N) is 1. The third-order valence-corrected chi connectivity index (χ3v) is 2.67. The molecule has 1 aromatic heterocycles. The Kier molecular flexibility index (Phi) is 3.40. The highest BCUT2D eigenvalue weighted by Crippen LogP contribution is 2.11. The Morgan fingerprint density at radius 3 is 2.79 bits per heavy atom. The molecular formula is C8H13N3O2S. The Hall–Kier alpha value is -1.17. The molecule has 1 aromatic rings. The molecule has 1 atom stereocenters. The Balaban J connectivity index is 3.21. The summed E-state index contributed by atoms with van der Waals surface area (Å²) in [4.78, 5) is 24.5. The molecule has 0 saturated heterocycles. The molecule has 14 heavy (non-hydrogen) atoms. The second kappa shape index (κ2) is 4.36. The molecule has 0 aromatic carbocycles. The van der Waals surface area contributed by atoms with Crippen LogP contribution in [0.2, 0.25) is 0 Å². The first kappa shape index (κ1) is 10.9. The predicted molar refractivity (Wildman–Crippen MR) is 58.8 cm³/mol. The van der Waals surface area contributed by atoms with E-state index in [2.05, 4.69) is 4.98 Å². The van der Waals surface area contributed by atoms with Crippen LogP contribution in [-0.4, -0.2) is 21.6 Å². The molecule has 0 saturated carbocycles. The average molecular weight is 215 g/mol. The van der Waals surface area contributed by atoms with Crippen LogP contribution in [0.5, 0.6) is 0 Å². The van der Waals surface area contributed by atoms with Gasteiger partial charge in [0, 0.05) is 17.9 Å². The van der Waals surface area contributed by atoms with Gasteiger partial charge >= 0.3 is 5.69 Å². The zero-order chi connectivity index (χ0) is 10.7. The monoisotopic (exact) mass is 215 g/mol. The summed E-state index contributed by atoms with van der Waals surface area (Å²) in [5.74, 6) is 0.983. The van der Waals surface area contributed by atoms with Crippen molar-refractivity contribution in [3.05, 3.63) is 26.9 Å². The van der Waals surface area contributed by atoms with E-state index in [1.54, 1.807) is 11.8 Å². The van der Waals surface area contributed by atoms with Gasteiger partial charge in [-0.1, -0.05) is 0 Å². The lowest BCUT2D eigenvalue weighted by Gasteiger charge is -2.15. The SMILES string of the molecule is CSCC(C)n1c(N)cc(=O)[nH]c1=O. The minimum absolute atomic E-state index is 0.0191. The largest absolute Gasteiger partial charge is 0.385 e. The lowest BCUT2D eigenvalue weighted by molar-refractivity contribution is 0.579. The van der Waals surface area contributed by atoms with Crippen molar-refractivity contribution in [2.45, 2.75) is 13.0 Å². The van der Waals surface area contributed by atoms with Gasteiger partial charge in [-0.2, -0.15) is 11.8 Å². The Bertz CT molecular complexity index is 423. The summed E-state index contributed by atoms with van der Waals surface area (Å²) in [6.45, 7) is 1.88. The van der Waals surface area contributed by atoms with Gasteiger partial charge in [0.05, 0.1) is 0 Å². The molecular weight excluding hydrogens is 202 g/mol. The van der Waals surface area contributed by atoms with Crippen molar-refractivity contribution < 1.29 is 0 Å². The van der Waals surface area contributed by atoms with Crippen LogP contribution in [0.4, 0.5) is 5.82 Å². The summed E-state index contributed by atoms with van der Waals surface area (Å²) < 4.78 is 1.39. The number of rotatable bonds is 3. The maximum absolute atomic E-state index is 11.4. The van der Waals surface area contributed by atoms with Crippen LogP contribution in [0, 0.1) is 0 Å². The van der Waals surface area contributed by atoms with Gasteiger partial charge in [-0.25, -0.2) is 4.79 Å². The van der Waals surface area contributed by atoms with Gasteiger partial charge in [-0.15, -0.1) is 0 Å². The van der Waals surface area contributed by atoms with Gasteiger partial charge in [0.2, 0.25) is 0 Å². The number of anilines is 1. The lowest BCUT2D eigenvalue weighted by atomic mass is 10.3. The third kappa shape index (κ3) is 2.20. The standard InChI is InChI=1S/C8H13N3O2S/c1-5(4-14-2)11-6(9)3-7(12)10-8(11)13/h3,5H,4,9H2,1-2H3,(H,10,12,13). The second-order valence-electron chi connectivity index (χ2n) is 3.04. The van der Waals surface area contributed by atoms with Crippen LogP contribution in [0.1, 0.15) is 13.0 Å². The molecule has 0 aliphatic rings. The minimum Gasteiger partial charge on any atom is -0.385 e. The number of H-pyrrole nitrogens is 1. The fraction of sp³-hybridized carbons (Fsp3) is 0.500. The molecule has 1 unspecified atom stereocenters. The van der Waals surface area contributed by atoms with E-state index in [9.17, 15) is 9.59 Å². The first-order valence-electron chi connectivity index (χ1n) is 4.16. The highest BCUT2D eigenvalue weighted by Gasteiger charge is 2.09. The van der Waals surface area contributed by atoms with E-state index in [-0.39, 0.29) is 11.9 Å². The van der Waals surface area contributed by atoms with Crippen LogP contribution in [-0.2, 0) is 0 Å². The number of hydrogen-bond donors (Lipinski definition) is 2. The van der Waals surface area contributed by atoms with Crippen molar-refractivity contribution in [2.24, 2.45) is 0 Å². The number of aromatic nitrogens is 2. The van der Waals surface area contributed by atoms with E-state index < -0.39 is 11.2 Å². The Labute approximate surface area is 85.3 Å². The summed E-state index contributed by atoms with van der Waals surface area (Å²) in [6, 6.07) is 1.20. The highest BCUT2D eigenvalue weighted by atomic mass is 32.2. The zero-order valence-electron chi connectivity index (χ0n) is 8.11. The molecule has 6 heteroatoms. The number of nitrogens with one attached hydrogen (secondary N) is 1. The van der Waals surface area contributed by atoms with Crippen molar-refractivity contribution >= 4 is 17.6 Å². The number of thioether (sulfide) groups is 1. The first-order chi connectivity index (χ1) is 6.56. The first-order valence-corrected chi connectivity index (χ1v) is 5.56. The molecule has 1 heterocycles. The predicted octanol–water partition coefficient (Wildman–Crippen LogP) is 0.0428. The Morgan fingerprint density at radius 2 is 2.29 bits per heavy atom. The molecule has 0 radical (unpaired) electrons. The maximum atomic E-state index is 11.4. The quantitative estimate of drug-likeness (QED) is 0.746. The maximum Gasteiger partial charge on any atom is 0.330 e. The van der Waals surface area contributed by atoms with Gasteiger partial charge < -0.3 is 5.73 Å². The van der Waals surface area contributed by atoms with E-state index in [1.165, 1.54) is 10.6 Å². The van der Waals surface area contributed by atoms with Crippen molar-refractivity contribution in [2.75, 3.05) is 17.7 Å². The van der Waals surface area contributed by atoms with E-state index in [0.717, 1.165) is 5.75 Å².